The lowest BCUT2D eigenvalue weighted by Crippen LogP contribution is -2.24. The molecule has 0 bridgehead atoms. The van der Waals surface area contributed by atoms with Gasteiger partial charge in [-0.05, 0) is 61.6 Å². The van der Waals surface area contributed by atoms with Gasteiger partial charge in [-0.3, -0.25) is 0 Å². The first-order valence-corrected chi connectivity index (χ1v) is 7.82. The van der Waals surface area contributed by atoms with Gasteiger partial charge >= 0.3 is 0 Å². The van der Waals surface area contributed by atoms with Gasteiger partial charge in [-0.15, -0.1) is 11.6 Å². The number of fused-ring (bicyclic) bond motifs is 1. The average molecular weight is 301 g/mol. The van der Waals surface area contributed by atoms with Crippen molar-refractivity contribution in [2.24, 2.45) is 0 Å². The topological polar surface area (TPSA) is 9.23 Å². The van der Waals surface area contributed by atoms with Crippen LogP contribution in [0.3, 0.4) is 0 Å². The Bertz CT molecular complexity index is 688. The second kappa shape index (κ2) is 5.06. The number of rotatable bonds is 2. The summed E-state index contributed by atoms with van der Waals surface area (Å²) in [4.78, 5) is 0. The van der Waals surface area contributed by atoms with Gasteiger partial charge in [0, 0.05) is 6.42 Å². The Kier molecular flexibility index (Phi) is 3.49. The molecule has 21 heavy (non-hydrogen) atoms. The van der Waals surface area contributed by atoms with E-state index in [0.717, 1.165) is 23.3 Å². The van der Waals surface area contributed by atoms with E-state index in [-0.39, 0.29) is 11.0 Å². The van der Waals surface area contributed by atoms with E-state index >= 15 is 0 Å². The first-order valence-electron chi connectivity index (χ1n) is 7.39. The predicted octanol–water partition coefficient (Wildman–Crippen LogP) is 5.35. The summed E-state index contributed by atoms with van der Waals surface area (Å²) in [6, 6.07) is 12.8. The van der Waals surface area contributed by atoms with Crippen molar-refractivity contribution in [3.63, 3.8) is 0 Å². The van der Waals surface area contributed by atoms with Crippen LogP contribution < -0.4 is 4.74 Å². The monoisotopic (exact) mass is 300 g/mol. The van der Waals surface area contributed by atoms with Gasteiger partial charge in [0.2, 0.25) is 0 Å². The molecule has 1 aliphatic heterocycles. The van der Waals surface area contributed by atoms with E-state index in [1.165, 1.54) is 16.7 Å². The van der Waals surface area contributed by atoms with Gasteiger partial charge in [-0.25, -0.2) is 0 Å². The zero-order valence-corrected chi connectivity index (χ0v) is 13.8. The smallest absolute Gasteiger partial charge is 0.123 e. The third-order valence-corrected chi connectivity index (χ3v) is 4.71. The Balaban J connectivity index is 1.93. The molecule has 2 aromatic rings. The average Bonchev–Trinajstić information content (AvgIpc) is 2.73. The molecule has 0 saturated heterocycles. The lowest BCUT2D eigenvalue weighted by molar-refractivity contribution is 0.138. The molecule has 0 amide bonds. The zero-order valence-electron chi connectivity index (χ0n) is 13.0. The molecule has 110 valence electrons. The summed E-state index contributed by atoms with van der Waals surface area (Å²) in [5.41, 5.74) is 6.02. The van der Waals surface area contributed by atoms with Crippen molar-refractivity contribution in [2.75, 3.05) is 0 Å². The zero-order chi connectivity index (χ0) is 15.2. The standard InChI is InChI=1S/C19H21ClO/c1-12-5-6-14(9-13(12)2)18(20)15-7-8-17-16(10-15)11-19(3,4)21-17/h5-10,18H,11H2,1-4H3. The molecule has 0 saturated carbocycles. The van der Waals surface area contributed by atoms with E-state index in [2.05, 4.69) is 64.1 Å². The summed E-state index contributed by atoms with van der Waals surface area (Å²) in [5.74, 6) is 0.993. The van der Waals surface area contributed by atoms with Crippen molar-refractivity contribution in [1.82, 2.24) is 0 Å². The molecular formula is C19H21ClO. The summed E-state index contributed by atoms with van der Waals surface area (Å²) in [5, 5.41) is -0.113. The molecule has 1 unspecified atom stereocenters. The normalized spacial score (nSPS) is 17.2. The van der Waals surface area contributed by atoms with Gasteiger partial charge in [0.25, 0.3) is 0 Å². The Labute approximate surface area is 131 Å². The minimum Gasteiger partial charge on any atom is -0.487 e. The number of benzene rings is 2. The van der Waals surface area contributed by atoms with Crippen LogP contribution in [0.25, 0.3) is 0 Å². The lowest BCUT2D eigenvalue weighted by Gasteiger charge is -2.16. The summed E-state index contributed by atoms with van der Waals surface area (Å²) in [6.45, 7) is 8.49. The lowest BCUT2D eigenvalue weighted by atomic mass is 9.96. The molecule has 2 heteroatoms. The highest BCUT2D eigenvalue weighted by atomic mass is 35.5. The van der Waals surface area contributed by atoms with Crippen molar-refractivity contribution >= 4 is 11.6 Å². The van der Waals surface area contributed by atoms with Crippen molar-refractivity contribution in [3.05, 3.63) is 64.2 Å². The first kappa shape index (κ1) is 14.5. The highest BCUT2D eigenvalue weighted by Crippen LogP contribution is 2.38. The molecule has 0 radical (unpaired) electrons. The minimum absolute atomic E-state index is 0.108. The van der Waals surface area contributed by atoms with Crippen LogP contribution in [0.15, 0.2) is 36.4 Å². The van der Waals surface area contributed by atoms with Gasteiger partial charge in [0.15, 0.2) is 0 Å². The molecule has 0 N–H and O–H groups in total. The fourth-order valence-corrected chi connectivity index (χ4v) is 3.17. The van der Waals surface area contributed by atoms with Crippen LogP contribution in [0.5, 0.6) is 5.75 Å². The summed E-state index contributed by atoms with van der Waals surface area (Å²) >= 11 is 6.69. The molecule has 0 aromatic heterocycles. The second-order valence-corrected chi connectivity index (χ2v) is 7.05. The molecule has 0 fully saturated rings. The Morgan fingerprint density at radius 3 is 2.38 bits per heavy atom. The van der Waals surface area contributed by atoms with Crippen LogP contribution in [0.2, 0.25) is 0 Å². The molecular weight excluding hydrogens is 280 g/mol. The van der Waals surface area contributed by atoms with E-state index < -0.39 is 0 Å². The van der Waals surface area contributed by atoms with Crippen molar-refractivity contribution < 1.29 is 4.74 Å². The Morgan fingerprint density at radius 1 is 1.00 bits per heavy atom. The first-order chi connectivity index (χ1) is 9.85. The maximum Gasteiger partial charge on any atom is 0.123 e. The van der Waals surface area contributed by atoms with E-state index in [4.69, 9.17) is 16.3 Å². The number of halogens is 1. The number of hydrogen-bond acceptors (Lipinski definition) is 1. The van der Waals surface area contributed by atoms with Crippen LogP contribution in [0, 0.1) is 13.8 Å². The number of aryl methyl sites for hydroxylation is 2. The highest BCUT2D eigenvalue weighted by molar-refractivity contribution is 6.22. The Hall–Kier alpha value is -1.47. The van der Waals surface area contributed by atoms with E-state index in [9.17, 15) is 0 Å². The molecule has 3 rings (SSSR count). The second-order valence-electron chi connectivity index (χ2n) is 6.61. The van der Waals surface area contributed by atoms with Gasteiger partial charge in [0.1, 0.15) is 11.4 Å². The third-order valence-electron chi connectivity index (χ3n) is 4.20. The molecule has 1 aliphatic rings. The molecule has 2 aromatic carbocycles. The highest BCUT2D eigenvalue weighted by Gasteiger charge is 2.30. The number of ether oxygens (including phenoxy) is 1. The van der Waals surface area contributed by atoms with E-state index in [1.807, 2.05) is 0 Å². The van der Waals surface area contributed by atoms with Crippen LogP contribution in [-0.2, 0) is 6.42 Å². The van der Waals surface area contributed by atoms with Gasteiger partial charge in [-0.1, -0.05) is 30.3 Å². The molecule has 0 spiro atoms. The van der Waals surface area contributed by atoms with Gasteiger partial charge in [-0.2, -0.15) is 0 Å². The van der Waals surface area contributed by atoms with Crippen LogP contribution in [0.1, 0.15) is 47.0 Å². The Morgan fingerprint density at radius 2 is 1.67 bits per heavy atom. The van der Waals surface area contributed by atoms with Crippen LogP contribution >= 0.6 is 11.6 Å². The van der Waals surface area contributed by atoms with Crippen molar-refractivity contribution in [3.8, 4) is 5.75 Å². The third kappa shape index (κ3) is 2.80. The minimum atomic E-state index is -0.113. The molecule has 0 aliphatic carbocycles. The predicted molar refractivity (Wildman–Crippen MR) is 88.5 cm³/mol. The van der Waals surface area contributed by atoms with E-state index in [0.29, 0.717) is 0 Å². The molecule has 1 atom stereocenters. The quantitative estimate of drug-likeness (QED) is 0.680. The maximum atomic E-state index is 6.69. The van der Waals surface area contributed by atoms with Crippen molar-refractivity contribution in [2.45, 2.75) is 45.1 Å². The SMILES string of the molecule is Cc1ccc(C(Cl)c2ccc3c(c2)CC(C)(C)O3)cc1C. The van der Waals surface area contributed by atoms with Crippen LogP contribution in [0.4, 0.5) is 0 Å². The maximum absolute atomic E-state index is 6.69. The largest absolute Gasteiger partial charge is 0.487 e. The van der Waals surface area contributed by atoms with Gasteiger partial charge in [0.05, 0.1) is 5.38 Å². The fraction of sp³-hybridized carbons (Fsp3) is 0.368. The number of alkyl halides is 1. The summed E-state index contributed by atoms with van der Waals surface area (Å²) in [7, 11) is 0. The van der Waals surface area contributed by atoms with E-state index in [1.54, 1.807) is 0 Å². The van der Waals surface area contributed by atoms with Gasteiger partial charge < -0.3 is 4.74 Å². The number of hydrogen-bond donors (Lipinski definition) is 0. The fourth-order valence-electron chi connectivity index (χ4n) is 2.90. The summed E-state index contributed by atoms with van der Waals surface area (Å²) < 4.78 is 5.93. The molecule has 1 heterocycles. The molecule has 1 nitrogen and oxygen atoms in total. The van der Waals surface area contributed by atoms with Crippen LogP contribution in [-0.4, -0.2) is 5.60 Å². The summed E-state index contributed by atoms with van der Waals surface area (Å²) in [6.07, 6.45) is 0.937. The van der Waals surface area contributed by atoms with Crippen molar-refractivity contribution in [1.29, 1.82) is 0 Å².